The summed E-state index contributed by atoms with van der Waals surface area (Å²) in [6.45, 7) is 7.66. The molecule has 2 N–H and O–H groups in total. The minimum Gasteiger partial charge on any atom is -0.493 e. The molecule has 0 fully saturated rings. The number of nitrogens with one attached hydrogen (secondary N) is 2. The first-order valence-corrected chi connectivity index (χ1v) is 9.21. The van der Waals surface area contributed by atoms with E-state index in [1.807, 2.05) is 30.3 Å². The van der Waals surface area contributed by atoms with Crippen LogP contribution >= 0.6 is 24.0 Å². The molecule has 0 saturated carbocycles. The highest BCUT2D eigenvalue weighted by Gasteiger charge is 2.09. The number of pyridine rings is 1. The van der Waals surface area contributed by atoms with Gasteiger partial charge in [0.05, 0.1) is 32.0 Å². The van der Waals surface area contributed by atoms with Crippen LogP contribution in [0.15, 0.2) is 47.5 Å². The number of aromatic nitrogens is 1. The average Bonchev–Trinajstić information content (AvgIpc) is 2.69. The molecule has 1 aromatic carbocycles. The molecule has 0 aliphatic rings. The van der Waals surface area contributed by atoms with Gasteiger partial charge in [0.2, 0.25) is 5.88 Å². The van der Waals surface area contributed by atoms with Gasteiger partial charge in [-0.1, -0.05) is 32.0 Å². The summed E-state index contributed by atoms with van der Waals surface area (Å²) in [5, 5.41) is 6.67. The number of nitrogens with zero attached hydrogens (tertiary/aromatic N) is 2. The minimum absolute atomic E-state index is 0. The molecule has 1 aromatic heterocycles. The Hall–Kier alpha value is -2.03. The van der Waals surface area contributed by atoms with Crippen LogP contribution in [0.2, 0.25) is 0 Å². The number of hydrogen-bond donors (Lipinski definition) is 2. The van der Waals surface area contributed by atoms with Crippen molar-refractivity contribution in [1.82, 2.24) is 15.6 Å². The van der Waals surface area contributed by atoms with Crippen molar-refractivity contribution in [2.75, 3.05) is 20.8 Å². The molecular formula is C21H31IN4O2. The monoisotopic (exact) mass is 498 g/mol. The number of halogens is 1. The summed E-state index contributed by atoms with van der Waals surface area (Å²) in [4.78, 5) is 8.68. The van der Waals surface area contributed by atoms with E-state index in [0.717, 1.165) is 23.6 Å². The van der Waals surface area contributed by atoms with Gasteiger partial charge in [-0.25, -0.2) is 4.98 Å². The normalized spacial score (nSPS) is 12.1. The fraction of sp³-hybridized carbons (Fsp3) is 0.429. The zero-order valence-electron chi connectivity index (χ0n) is 17.2. The summed E-state index contributed by atoms with van der Waals surface area (Å²) in [5.41, 5.74) is 2.05. The Kier molecular flexibility index (Phi) is 10.7. The Labute approximate surface area is 185 Å². The summed E-state index contributed by atoms with van der Waals surface area (Å²) >= 11 is 0. The Morgan fingerprint density at radius 1 is 1.11 bits per heavy atom. The molecule has 1 unspecified atom stereocenters. The van der Waals surface area contributed by atoms with Crippen molar-refractivity contribution < 1.29 is 9.47 Å². The SMILES string of the molecule is CN=C(NCc1cccc(OC)n1)NC(C)c1ccc(OCC(C)C)cc1.I. The lowest BCUT2D eigenvalue weighted by Gasteiger charge is -2.19. The van der Waals surface area contributed by atoms with E-state index in [9.17, 15) is 0 Å². The van der Waals surface area contributed by atoms with Crippen molar-refractivity contribution in [2.24, 2.45) is 10.9 Å². The summed E-state index contributed by atoms with van der Waals surface area (Å²) in [6.07, 6.45) is 0. The van der Waals surface area contributed by atoms with Gasteiger partial charge >= 0.3 is 0 Å². The smallest absolute Gasteiger partial charge is 0.213 e. The molecule has 0 spiro atoms. The molecule has 2 rings (SSSR count). The predicted molar refractivity (Wildman–Crippen MR) is 125 cm³/mol. The number of methoxy groups -OCH3 is 1. The van der Waals surface area contributed by atoms with Gasteiger partial charge in [0, 0.05) is 13.1 Å². The van der Waals surface area contributed by atoms with E-state index < -0.39 is 0 Å². The number of aliphatic imine (C=N–C) groups is 1. The van der Waals surface area contributed by atoms with Crippen LogP contribution < -0.4 is 20.1 Å². The Morgan fingerprint density at radius 2 is 1.82 bits per heavy atom. The summed E-state index contributed by atoms with van der Waals surface area (Å²) in [6, 6.07) is 14.0. The number of benzene rings is 1. The van der Waals surface area contributed by atoms with Gasteiger partial charge in [0.1, 0.15) is 5.75 Å². The second kappa shape index (κ2) is 12.4. The van der Waals surface area contributed by atoms with Gasteiger partial charge in [-0.05, 0) is 36.6 Å². The standard InChI is InChI=1S/C21H30N4O2.HI/c1-15(2)14-27-19-11-9-17(10-12-19)16(3)24-21(22-4)23-13-18-7-6-8-20(25-18)26-5;/h6-12,15-16H,13-14H2,1-5H3,(H2,22,23,24);1H. The second-order valence-corrected chi connectivity index (χ2v) is 6.74. The van der Waals surface area contributed by atoms with E-state index in [-0.39, 0.29) is 30.0 Å². The van der Waals surface area contributed by atoms with Crippen molar-refractivity contribution in [2.45, 2.75) is 33.4 Å². The fourth-order valence-electron chi connectivity index (χ4n) is 2.44. The third-order valence-electron chi connectivity index (χ3n) is 3.97. The molecule has 154 valence electrons. The van der Waals surface area contributed by atoms with E-state index in [0.29, 0.717) is 24.3 Å². The summed E-state index contributed by atoms with van der Waals surface area (Å²) in [5.74, 6) is 2.72. The average molecular weight is 498 g/mol. The molecule has 6 nitrogen and oxygen atoms in total. The molecule has 0 saturated heterocycles. The van der Waals surface area contributed by atoms with Crippen LogP contribution in [-0.4, -0.2) is 31.7 Å². The zero-order valence-corrected chi connectivity index (χ0v) is 19.6. The Bertz CT molecular complexity index is 735. The Morgan fingerprint density at radius 3 is 2.43 bits per heavy atom. The number of rotatable bonds is 8. The van der Waals surface area contributed by atoms with Crippen LogP contribution in [-0.2, 0) is 6.54 Å². The maximum atomic E-state index is 5.74. The molecule has 0 bridgehead atoms. The van der Waals surface area contributed by atoms with Crippen LogP contribution in [0.3, 0.4) is 0 Å². The Balaban J connectivity index is 0.00000392. The maximum Gasteiger partial charge on any atom is 0.213 e. The lowest BCUT2D eigenvalue weighted by molar-refractivity contribution is 0.271. The van der Waals surface area contributed by atoms with Crippen molar-refractivity contribution >= 4 is 29.9 Å². The molecule has 7 heteroatoms. The number of ether oxygens (including phenoxy) is 2. The molecule has 2 aromatic rings. The second-order valence-electron chi connectivity index (χ2n) is 6.74. The van der Waals surface area contributed by atoms with Crippen molar-refractivity contribution in [3.63, 3.8) is 0 Å². The van der Waals surface area contributed by atoms with E-state index in [2.05, 4.69) is 53.5 Å². The summed E-state index contributed by atoms with van der Waals surface area (Å²) < 4.78 is 10.9. The van der Waals surface area contributed by atoms with Crippen molar-refractivity contribution in [3.8, 4) is 11.6 Å². The van der Waals surface area contributed by atoms with Crippen LogP contribution in [0.25, 0.3) is 0 Å². The quantitative estimate of drug-likeness (QED) is 0.325. The molecule has 0 aliphatic heterocycles. The van der Waals surface area contributed by atoms with Gasteiger partial charge in [-0.3, -0.25) is 4.99 Å². The highest BCUT2D eigenvalue weighted by Crippen LogP contribution is 2.18. The minimum atomic E-state index is 0. The highest BCUT2D eigenvalue weighted by atomic mass is 127. The summed E-state index contributed by atoms with van der Waals surface area (Å²) in [7, 11) is 3.37. The van der Waals surface area contributed by atoms with Crippen molar-refractivity contribution in [1.29, 1.82) is 0 Å². The largest absolute Gasteiger partial charge is 0.493 e. The molecular weight excluding hydrogens is 467 g/mol. The third-order valence-corrected chi connectivity index (χ3v) is 3.97. The van der Waals surface area contributed by atoms with Gasteiger partial charge in [0.25, 0.3) is 0 Å². The van der Waals surface area contributed by atoms with E-state index in [1.54, 1.807) is 14.2 Å². The van der Waals surface area contributed by atoms with E-state index in [4.69, 9.17) is 9.47 Å². The third kappa shape index (κ3) is 7.92. The lowest BCUT2D eigenvalue weighted by atomic mass is 10.1. The first-order valence-electron chi connectivity index (χ1n) is 9.21. The van der Waals surface area contributed by atoms with Gasteiger partial charge in [-0.15, -0.1) is 24.0 Å². The van der Waals surface area contributed by atoms with E-state index in [1.165, 1.54) is 0 Å². The molecule has 0 radical (unpaired) electrons. The first kappa shape index (κ1) is 24.0. The predicted octanol–water partition coefficient (Wildman–Crippen LogP) is 4.17. The van der Waals surface area contributed by atoms with Crippen LogP contribution in [0.1, 0.15) is 38.1 Å². The molecule has 0 aliphatic carbocycles. The molecule has 1 heterocycles. The van der Waals surface area contributed by atoms with Gasteiger partial charge < -0.3 is 20.1 Å². The zero-order chi connectivity index (χ0) is 19.6. The molecule has 1 atom stereocenters. The first-order chi connectivity index (χ1) is 13.0. The topological polar surface area (TPSA) is 67.8 Å². The van der Waals surface area contributed by atoms with Crippen molar-refractivity contribution in [3.05, 3.63) is 53.7 Å². The molecule has 0 amide bonds. The molecule has 28 heavy (non-hydrogen) atoms. The van der Waals surface area contributed by atoms with Gasteiger partial charge in [0.15, 0.2) is 5.96 Å². The van der Waals surface area contributed by atoms with Crippen LogP contribution in [0, 0.1) is 5.92 Å². The lowest BCUT2D eigenvalue weighted by Crippen LogP contribution is -2.38. The fourth-order valence-corrected chi connectivity index (χ4v) is 2.44. The van der Waals surface area contributed by atoms with Crippen LogP contribution in [0.4, 0.5) is 0 Å². The maximum absolute atomic E-state index is 5.74. The van der Waals surface area contributed by atoms with Crippen LogP contribution in [0.5, 0.6) is 11.6 Å². The highest BCUT2D eigenvalue weighted by molar-refractivity contribution is 14.0. The van der Waals surface area contributed by atoms with Gasteiger partial charge in [-0.2, -0.15) is 0 Å². The van der Waals surface area contributed by atoms with E-state index >= 15 is 0 Å². The number of guanidine groups is 1. The number of hydrogen-bond acceptors (Lipinski definition) is 4.